The second kappa shape index (κ2) is 6.40. The summed E-state index contributed by atoms with van der Waals surface area (Å²) in [6.45, 7) is 10.1. The van der Waals surface area contributed by atoms with Gasteiger partial charge in [0.25, 0.3) is 0 Å². The van der Waals surface area contributed by atoms with Crippen molar-refractivity contribution in [3.05, 3.63) is 0 Å². The zero-order valence-electron chi connectivity index (χ0n) is 11.6. The number of carbonyl (C=O) groups excluding carboxylic acids is 1. The maximum Gasteiger partial charge on any atom is 0.306 e. The molecule has 0 spiro atoms. The van der Waals surface area contributed by atoms with E-state index >= 15 is 0 Å². The molecular weight excluding hydrogens is 220 g/mol. The highest BCUT2D eigenvalue weighted by molar-refractivity contribution is 6.71. The number of esters is 1. The number of hydrogen-bond acceptors (Lipinski definition) is 3. The average Bonchev–Trinajstić information content (AvgIpc) is 2.10. The van der Waals surface area contributed by atoms with E-state index in [-0.39, 0.29) is 11.6 Å². The molecule has 0 aliphatic carbocycles. The molecule has 0 fully saturated rings. The number of ether oxygens (including phenoxy) is 1. The van der Waals surface area contributed by atoms with Crippen molar-refractivity contribution in [3.8, 4) is 0 Å². The first-order valence-corrected chi connectivity index (χ1v) is 9.05. The molecule has 0 rings (SSSR count). The minimum atomic E-state index is -1.45. The standard InChI is InChI=1S/C12H26O3Si/c1-12(2,3)15-11(13)9-7-8-10-16(5,6)14-4/h7-10H2,1-6H3. The molecule has 96 valence electrons. The highest BCUT2D eigenvalue weighted by atomic mass is 28.4. The van der Waals surface area contributed by atoms with Gasteiger partial charge in [0.05, 0.1) is 0 Å². The first-order chi connectivity index (χ1) is 7.16. The van der Waals surface area contributed by atoms with Crippen LogP contribution in [0.25, 0.3) is 0 Å². The second-order valence-corrected chi connectivity index (χ2v) is 10.2. The van der Waals surface area contributed by atoms with Gasteiger partial charge in [-0.3, -0.25) is 4.79 Å². The van der Waals surface area contributed by atoms with Crippen LogP contribution in [0.15, 0.2) is 0 Å². The van der Waals surface area contributed by atoms with Crippen LogP contribution in [0, 0.1) is 0 Å². The molecule has 0 amide bonds. The van der Waals surface area contributed by atoms with Gasteiger partial charge >= 0.3 is 5.97 Å². The maximum atomic E-state index is 11.4. The minimum Gasteiger partial charge on any atom is -0.460 e. The van der Waals surface area contributed by atoms with Gasteiger partial charge in [-0.1, -0.05) is 6.42 Å². The molecule has 0 aromatic rings. The highest BCUT2D eigenvalue weighted by Crippen LogP contribution is 2.16. The third kappa shape index (κ3) is 8.92. The fourth-order valence-corrected chi connectivity index (χ4v) is 2.62. The zero-order valence-corrected chi connectivity index (χ0v) is 12.6. The van der Waals surface area contributed by atoms with Crippen molar-refractivity contribution >= 4 is 14.3 Å². The van der Waals surface area contributed by atoms with Crippen molar-refractivity contribution in [2.45, 2.75) is 64.8 Å². The number of hydrogen-bond donors (Lipinski definition) is 0. The summed E-state index contributed by atoms with van der Waals surface area (Å²) in [6.07, 6.45) is 2.46. The van der Waals surface area contributed by atoms with Crippen LogP contribution in [0.4, 0.5) is 0 Å². The van der Waals surface area contributed by atoms with Crippen LogP contribution in [0.5, 0.6) is 0 Å². The van der Waals surface area contributed by atoms with Crippen molar-refractivity contribution in [1.82, 2.24) is 0 Å². The van der Waals surface area contributed by atoms with E-state index in [9.17, 15) is 4.79 Å². The quantitative estimate of drug-likeness (QED) is 0.409. The molecule has 3 nitrogen and oxygen atoms in total. The summed E-state index contributed by atoms with van der Waals surface area (Å²) >= 11 is 0. The van der Waals surface area contributed by atoms with Crippen molar-refractivity contribution < 1.29 is 14.0 Å². The van der Waals surface area contributed by atoms with Crippen molar-refractivity contribution in [1.29, 1.82) is 0 Å². The molecule has 0 aliphatic heterocycles. The van der Waals surface area contributed by atoms with E-state index in [1.54, 1.807) is 7.11 Å². The van der Waals surface area contributed by atoms with E-state index < -0.39 is 8.32 Å². The van der Waals surface area contributed by atoms with E-state index in [2.05, 4.69) is 13.1 Å². The largest absolute Gasteiger partial charge is 0.460 e. The molecule has 4 heteroatoms. The lowest BCUT2D eigenvalue weighted by molar-refractivity contribution is -0.154. The third-order valence-electron chi connectivity index (χ3n) is 2.38. The molecule has 0 unspecified atom stereocenters. The Balaban J connectivity index is 3.64. The van der Waals surface area contributed by atoms with Gasteiger partial charge in [-0.2, -0.15) is 0 Å². The van der Waals surface area contributed by atoms with Crippen LogP contribution in [-0.2, 0) is 14.0 Å². The number of unbranched alkanes of at least 4 members (excludes halogenated alkanes) is 1. The van der Waals surface area contributed by atoms with Crippen LogP contribution in [0.2, 0.25) is 19.1 Å². The first-order valence-electron chi connectivity index (χ1n) is 5.93. The maximum absolute atomic E-state index is 11.4. The Labute approximate surface area is 101 Å². The summed E-state index contributed by atoms with van der Waals surface area (Å²) in [4.78, 5) is 11.4. The Morgan fingerprint density at radius 2 is 1.75 bits per heavy atom. The fourth-order valence-electron chi connectivity index (χ4n) is 1.31. The Hall–Kier alpha value is -0.353. The van der Waals surface area contributed by atoms with Gasteiger partial charge in [-0.15, -0.1) is 0 Å². The fraction of sp³-hybridized carbons (Fsp3) is 0.917. The summed E-state index contributed by atoms with van der Waals surface area (Å²) < 4.78 is 10.7. The Kier molecular flexibility index (Phi) is 6.26. The van der Waals surface area contributed by atoms with Gasteiger partial charge in [-0.25, -0.2) is 0 Å². The Bertz CT molecular complexity index is 219. The normalized spacial score (nSPS) is 12.6. The minimum absolute atomic E-state index is 0.0932. The Morgan fingerprint density at radius 1 is 1.19 bits per heavy atom. The van der Waals surface area contributed by atoms with E-state index in [4.69, 9.17) is 9.16 Å². The summed E-state index contributed by atoms with van der Waals surface area (Å²) in [5.41, 5.74) is -0.363. The molecule has 16 heavy (non-hydrogen) atoms. The predicted octanol–water partition coefficient (Wildman–Crippen LogP) is 3.35. The van der Waals surface area contributed by atoms with E-state index in [1.807, 2.05) is 20.8 Å². The molecule has 0 atom stereocenters. The highest BCUT2D eigenvalue weighted by Gasteiger charge is 2.20. The number of rotatable bonds is 6. The molecule has 0 N–H and O–H groups in total. The van der Waals surface area contributed by atoms with E-state index in [0.717, 1.165) is 18.9 Å². The first kappa shape index (κ1) is 15.6. The summed E-state index contributed by atoms with van der Waals surface area (Å²) in [7, 11) is 0.330. The number of carbonyl (C=O) groups is 1. The molecule has 0 saturated carbocycles. The van der Waals surface area contributed by atoms with Crippen LogP contribution in [0.3, 0.4) is 0 Å². The van der Waals surface area contributed by atoms with Gasteiger partial charge in [0, 0.05) is 13.5 Å². The van der Waals surface area contributed by atoms with Crippen LogP contribution in [0.1, 0.15) is 40.0 Å². The molecule has 0 aliphatic rings. The van der Waals surface area contributed by atoms with Crippen LogP contribution < -0.4 is 0 Å². The Morgan fingerprint density at radius 3 is 2.19 bits per heavy atom. The van der Waals surface area contributed by atoms with E-state index in [0.29, 0.717) is 6.42 Å². The van der Waals surface area contributed by atoms with Crippen LogP contribution in [-0.4, -0.2) is 27.0 Å². The molecule has 0 aromatic carbocycles. The van der Waals surface area contributed by atoms with Gasteiger partial charge in [0.15, 0.2) is 8.32 Å². The lowest BCUT2D eigenvalue weighted by Gasteiger charge is -2.21. The molecule has 0 saturated heterocycles. The summed E-state index contributed by atoms with van der Waals surface area (Å²) in [6, 6.07) is 1.10. The van der Waals surface area contributed by atoms with Gasteiger partial charge in [0.1, 0.15) is 5.60 Å². The zero-order chi connectivity index (χ0) is 12.8. The smallest absolute Gasteiger partial charge is 0.306 e. The monoisotopic (exact) mass is 246 g/mol. The van der Waals surface area contributed by atoms with Gasteiger partial charge in [0.2, 0.25) is 0 Å². The molecule has 0 radical (unpaired) electrons. The second-order valence-electron chi connectivity index (χ2n) is 5.76. The lowest BCUT2D eigenvalue weighted by Crippen LogP contribution is -2.28. The molecular formula is C12H26O3Si. The summed E-state index contributed by atoms with van der Waals surface area (Å²) in [5.74, 6) is -0.0932. The van der Waals surface area contributed by atoms with Crippen molar-refractivity contribution in [3.63, 3.8) is 0 Å². The molecule has 0 heterocycles. The van der Waals surface area contributed by atoms with Gasteiger partial charge in [-0.05, 0) is 46.3 Å². The molecule has 0 aromatic heterocycles. The predicted molar refractivity (Wildman–Crippen MR) is 69.0 cm³/mol. The summed E-state index contributed by atoms with van der Waals surface area (Å²) in [5, 5.41) is 0. The SMILES string of the molecule is CO[Si](C)(C)CCCCC(=O)OC(C)(C)C. The topological polar surface area (TPSA) is 35.5 Å². The average molecular weight is 246 g/mol. The van der Waals surface area contributed by atoms with E-state index in [1.165, 1.54) is 0 Å². The van der Waals surface area contributed by atoms with Crippen LogP contribution >= 0.6 is 0 Å². The van der Waals surface area contributed by atoms with Gasteiger partial charge < -0.3 is 9.16 Å². The third-order valence-corrected chi connectivity index (χ3v) is 5.05. The van der Waals surface area contributed by atoms with Crippen molar-refractivity contribution in [2.75, 3.05) is 7.11 Å². The van der Waals surface area contributed by atoms with Crippen molar-refractivity contribution in [2.24, 2.45) is 0 Å². The lowest BCUT2D eigenvalue weighted by atomic mass is 10.2. The molecule has 0 bridgehead atoms.